The maximum Gasteiger partial charge on any atom is 0.129 e. The van der Waals surface area contributed by atoms with Crippen LogP contribution in [0.25, 0.3) is 0 Å². The van der Waals surface area contributed by atoms with E-state index in [-0.39, 0.29) is 0 Å². The maximum absolute atomic E-state index is 4.34. The average Bonchev–Trinajstić information content (AvgIpc) is 2.87. The van der Waals surface area contributed by atoms with Gasteiger partial charge in [0.1, 0.15) is 5.82 Å². The maximum atomic E-state index is 4.34. The zero-order chi connectivity index (χ0) is 8.02. The molecule has 0 aromatic carbocycles. The van der Waals surface area contributed by atoms with Crippen molar-refractivity contribution in [2.24, 2.45) is 0 Å². The molecule has 2 nitrogen and oxygen atoms in total. The van der Waals surface area contributed by atoms with E-state index in [1.807, 2.05) is 12.3 Å². The second kappa shape index (κ2) is 2.00. The molecule has 1 aliphatic heterocycles. The predicted molar refractivity (Wildman–Crippen MR) is 48.3 cm³/mol. The highest BCUT2D eigenvalue weighted by Gasteiger charge is 2.47. The van der Waals surface area contributed by atoms with Gasteiger partial charge in [0.15, 0.2) is 0 Å². The molecule has 2 heterocycles. The van der Waals surface area contributed by atoms with Crippen LogP contribution in [-0.2, 0) is 5.41 Å². The van der Waals surface area contributed by atoms with Crippen molar-refractivity contribution in [1.82, 2.24) is 4.98 Å². The van der Waals surface area contributed by atoms with Crippen LogP contribution in [0.4, 0.5) is 5.82 Å². The van der Waals surface area contributed by atoms with Crippen molar-refractivity contribution in [3.05, 3.63) is 23.9 Å². The highest BCUT2D eigenvalue weighted by Crippen LogP contribution is 2.54. The Morgan fingerprint density at radius 1 is 1.33 bits per heavy atom. The molecule has 1 aromatic rings. The molecule has 0 saturated heterocycles. The quantitative estimate of drug-likeness (QED) is 0.627. The molecule has 2 aliphatic rings. The summed E-state index contributed by atoms with van der Waals surface area (Å²) >= 11 is 0. The molecule has 0 amide bonds. The zero-order valence-corrected chi connectivity index (χ0v) is 7.01. The standard InChI is InChI=1S/C10H12N2/c1-2-8-9(11-6-1)12-7-5-10(8)3-4-10/h1-2,6H,3-5,7H2,(H,11,12). The normalized spacial score (nSPS) is 23.0. The van der Waals surface area contributed by atoms with Crippen molar-refractivity contribution in [2.75, 3.05) is 11.9 Å². The van der Waals surface area contributed by atoms with E-state index in [4.69, 9.17) is 0 Å². The highest BCUT2D eigenvalue weighted by molar-refractivity contribution is 5.53. The molecule has 1 aliphatic carbocycles. The number of anilines is 1. The summed E-state index contributed by atoms with van der Waals surface area (Å²) in [6.07, 6.45) is 5.90. The third-order valence-corrected chi connectivity index (χ3v) is 3.13. The van der Waals surface area contributed by atoms with Crippen LogP contribution >= 0.6 is 0 Å². The number of nitrogens with one attached hydrogen (secondary N) is 1. The predicted octanol–water partition coefficient (Wildman–Crippen LogP) is 1.93. The molecule has 1 spiro atoms. The lowest BCUT2D eigenvalue weighted by molar-refractivity contribution is 0.617. The fraction of sp³-hybridized carbons (Fsp3) is 0.500. The number of nitrogens with zero attached hydrogens (tertiary/aromatic N) is 1. The summed E-state index contributed by atoms with van der Waals surface area (Å²) in [5, 5.41) is 3.35. The summed E-state index contributed by atoms with van der Waals surface area (Å²) in [4.78, 5) is 4.34. The fourth-order valence-corrected chi connectivity index (χ4v) is 2.20. The Bertz CT molecular complexity index is 315. The third-order valence-electron chi connectivity index (χ3n) is 3.13. The number of fused-ring (bicyclic) bond motifs is 2. The first-order valence-electron chi connectivity index (χ1n) is 4.60. The molecule has 1 saturated carbocycles. The lowest BCUT2D eigenvalue weighted by Gasteiger charge is -2.24. The minimum absolute atomic E-state index is 0.537. The first-order valence-corrected chi connectivity index (χ1v) is 4.60. The average molecular weight is 160 g/mol. The van der Waals surface area contributed by atoms with E-state index in [0.29, 0.717) is 5.41 Å². The Hall–Kier alpha value is -1.05. The van der Waals surface area contributed by atoms with Crippen molar-refractivity contribution in [3.63, 3.8) is 0 Å². The zero-order valence-electron chi connectivity index (χ0n) is 7.01. The van der Waals surface area contributed by atoms with E-state index in [0.717, 1.165) is 12.4 Å². The van der Waals surface area contributed by atoms with Gasteiger partial charge in [0.25, 0.3) is 0 Å². The SMILES string of the molecule is c1cnc2c(c1)C1(CCN2)CC1. The fourth-order valence-electron chi connectivity index (χ4n) is 2.20. The van der Waals surface area contributed by atoms with Crippen LogP contribution in [0.5, 0.6) is 0 Å². The second-order valence-electron chi connectivity index (χ2n) is 3.86. The van der Waals surface area contributed by atoms with Crippen molar-refractivity contribution in [2.45, 2.75) is 24.7 Å². The van der Waals surface area contributed by atoms with Crippen molar-refractivity contribution in [1.29, 1.82) is 0 Å². The Morgan fingerprint density at radius 3 is 3.08 bits per heavy atom. The number of hydrogen-bond acceptors (Lipinski definition) is 2. The Kier molecular flexibility index (Phi) is 1.08. The molecule has 0 bridgehead atoms. The van der Waals surface area contributed by atoms with Crippen molar-refractivity contribution in [3.8, 4) is 0 Å². The molecular weight excluding hydrogens is 148 g/mol. The van der Waals surface area contributed by atoms with Gasteiger partial charge in [0.05, 0.1) is 0 Å². The molecule has 12 heavy (non-hydrogen) atoms. The van der Waals surface area contributed by atoms with Crippen molar-refractivity contribution < 1.29 is 0 Å². The molecule has 1 N–H and O–H groups in total. The van der Waals surface area contributed by atoms with E-state index in [2.05, 4.69) is 16.4 Å². The number of aromatic nitrogens is 1. The largest absolute Gasteiger partial charge is 0.370 e. The Morgan fingerprint density at radius 2 is 2.25 bits per heavy atom. The molecular formula is C10H12N2. The summed E-state index contributed by atoms with van der Waals surface area (Å²) in [6, 6.07) is 4.27. The molecule has 1 fully saturated rings. The van der Waals surface area contributed by atoms with Gasteiger partial charge in [-0.05, 0) is 25.3 Å². The third kappa shape index (κ3) is 0.724. The van der Waals surface area contributed by atoms with Gasteiger partial charge in [-0.15, -0.1) is 0 Å². The Labute approximate surface area is 72.0 Å². The van der Waals surface area contributed by atoms with Gasteiger partial charge in [-0.2, -0.15) is 0 Å². The number of hydrogen-bond donors (Lipinski definition) is 1. The smallest absolute Gasteiger partial charge is 0.129 e. The van der Waals surface area contributed by atoms with Crippen LogP contribution in [0.2, 0.25) is 0 Å². The topological polar surface area (TPSA) is 24.9 Å². The molecule has 1 aromatic heterocycles. The minimum atomic E-state index is 0.537. The first kappa shape index (κ1) is 6.46. The summed E-state index contributed by atoms with van der Waals surface area (Å²) in [5.41, 5.74) is 1.99. The van der Waals surface area contributed by atoms with Crippen LogP contribution in [0.1, 0.15) is 24.8 Å². The molecule has 0 atom stereocenters. The van der Waals surface area contributed by atoms with E-state index in [1.54, 1.807) is 0 Å². The summed E-state index contributed by atoms with van der Waals surface area (Å²) in [5.74, 6) is 1.13. The van der Waals surface area contributed by atoms with Gasteiger partial charge >= 0.3 is 0 Å². The minimum Gasteiger partial charge on any atom is -0.370 e. The van der Waals surface area contributed by atoms with E-state index < -0.39 is 0 Å². The Balaban J connectivity index is 2.16. The van der Waals surface area contributed by atoms with Crippen LogP contribution in [0.3, 0.4) is 0 Å². The molecule has 0 unspecified atom stereocenters. The second-order valence-corrected chi connectivity index (χ2v) is 3.86. The summed E-state index contributed by atoms with van der Waals surface area (Å²) < 4.78 is 0. The van der Waals surface area contributed by atoms with Crippen LogP contribution in [0, 0.1) is 0 Å². The lowest BCUT2D eigenvalue weighted by atomic mass is 9.90. The molecule has 3 rings (SSSR count). The van der Waals surface area contributed by atoms with Gasteiger partial charge in [0, 0.05) is 23.7 Å². The highest BCUT2D eigenvalue weighted by atomic mass is 15.0. The van der Waals surface area contributed by atoms with Gasteiger partial charge in [0.2, 0.25) is 0 Å². The first-order chi connectivity index (χ1) is 5.91. The van der Waals surface area contributed by atoms with Gasteiger partial charge in [-0.3, -0.25) is 0 Å². The van der Waals surface area contributed by atoms with Crippen LogP contribution in [0.15, 0.2) is 18.3 Å². The van der Waals surface area contributed by atoms with E-state index >= 15 is 0 Å². The molecule has 62 valence electrons. The molecule has 2 heteroatoms. The van der Waals surface area contributed by atoms with E-state index in [1.165, 1.54) is 24.8 Å². The van der Waals surface area contributed by atoms with Crippen molar-refractivity contribution >= 4 is 5.82 Å². The number of rotatable bonds is 0. The number of pyridine rings is 1. The molecule has 0 radical (unpaired) electrons. The summed E-state index contributed by atoms with van der Waals surface area (Å²) in [7, 11) is 0. The van der Waals surface area contributed by atoms with Crippen LogP contribution < -0.4 is 5.32 Å². The monoisotopic (exact) mass is 160 g/mol. The van der Waals surface area contributed by atoms with Gasteiger partial charge < -0.3 is 5.32 Å². The van der Waals surface area contributed by atoms with Gasteiger partial charge in [-0.25, -0.2) is 4.98 Å². The lowest BCUT2D eigenvalue weighted by Crippen LogP contribution is -2.22. The van der Waals surface area contributed by atoms with Crippen LogP contribution in [-0.4, -0.2) is 11.5 Å². The van der Waals surface area contributed by atoms with E-state index in [9.17, 15) is 0 Å². The summed E-state index contributed by atoms with van der Waals surface area (Å²) in [6.45, 7) is 1.10. The van der Waals surface area contributed by atoms with Gasteiger partial charge in [-0.1, -0.05) is 6.07 Å².